The number of hydrogen-bond donors (Lipinski definition) is 0. The van der Waals surface area contributed by atoms with Crippen LogP contribution in [-0.2, 0) is 6.18 Å². The summed E-state index contributed by atoms with van der Waals surface area (Å²) in [4.78, 5) is 0. The van der Waals surface area contributed by atoms with Gasteiger partial charge in [0, 0.05) is 4.47 Å². The Balaban J connectivity index is 3.10. The van der Waals surface area contributed by atoms with E-state index in [4.69, 9.17) is 0 Å². The van der Waals surface area contributed by atoms with E-state index in [1.54, 1.807) is 0 Å². The molecule has 0 N–H and O–H groups in total. The molecule has 0 heterocycles. The van der Waals surface area contributed by atoms with Crippen LogP contribution >= 0.6 is 15.9 Å². The van der Waals surface area contributed by atoms with Crippen molar-refractivity contribution in [3.05, 3.63) is 28.2 Å². The van der Waals surface area contributed by atoms with Gasteiger partial charge in [0.15, 0.2) is 0 Å². The van der Waals surface area contributed by atoms with Gasteiger partial charge in [-0.1, -0.05) is 15.9 Å². The Kier molecular flexibility index (Phi) is 4.76. The predicted molar refractivity (Wildman–Crippen MR) is 55.7 cm³/mol. The van der Waals surface area contributed by atoms with E-state index >= 15 is 0 Å². The molecule has 1 nitrogen and oxygen atoms in total. The summed E-state index contributed by atoms with van der Waals surface area (Å²) in [5.74, 6) is -1.01. The Labute approximate surface area is 119 Å². The molecule has 1 aromatic rings. The predicted octanol–water partition coefficient (Wildman–Crippen LogP) is 5.34. The zero-order valence-electron chi connectivity index (χ0n) is 9.50. The van der Waals surface area contributed by atoms with Gasteiger partial charge in [0.1, 0.15) is 5.75 Å². The first-order valence-corrected chi connectivity index (χ1v) is 5.69. The van der Waals surface area contributed by atoms with Gasteiger partial charge in [-0.25, -0.2) is 0 Å². The molecule has 0 unspecified atom stereocenters. The van der Waals surface area contributed by atoms with Crippen molar-refractivity contribution in [2.45, 2.75) is 24.6 Å². The number of hydrogen-bond acceptors (Lipinski definition) is 1. The van der Waals surface area contributed by atoms with Crippen molar-refractivity contribution in [2.75, 3.05) is 0 Å². The lowest BCUT2D eigenvalue weighted by molar-refractivity contribution is -0.299. The van der Waals surface area contributed by atoms with E-state index in [0.29, 0.717) is 18.2 Å². The van der Waals surface area contributed by atoms with Crippen molar-refractivity contribution in [3.8, 4) is 5.75 Å². The normalized spacial score (nSPS) is 13.7. The summed E-state index contributed by atoms with van der Waals surface area (Å²) in [5.41, 5.74) is -1.26. The molecule has 0 atom stereocenters. The number of alkyl halides is 9. The van der Waals surface area contributed by atoms with Gasteiger partial charge < -0.3 is 4.74 Å². The van der Waals surface area contributed by atoms with E-state index in [0.717, 1.165) is 0 Å². The second kappa shape index (κ2) is 5.58. The molecule has 1 rings (SSSR count). The number of halogens is 10. The van der Waals surface area contributed by atoms with E-state index in [1.165, 1.54) is 0 Å². The molecule has 0 spiro atoms. The third-order valence-corrected chi connectivity index (χ3v) is 2.75. The van der Waals surface area contributed by atoms with Crippen molar-refractivity contribution in [1.82, 2.24) is 0 Å². The molecule has 0 aliphatic rings. The second-order valence-electron chi connectivity index (χ2n) is 3.72. The summed E-state index contributed by atoms with van der Waals surface area (Å²) in [5, 5.41) is 0. The van der Waals surface area contributed by atoms with Gasteiger partial charge in [-0.05, 0) is 18.2 Å². The van der Waals surface area contributed by atoms with Crippen LogP contribution in [0.4, 0.5) is 39.5 Å². The maximum Gasteiger partial charge on any atom is 0.434 e. The topological polar surface area (TPSA) is 9.23 Å². The van der Waals surface area contributed by atoms with Crippen LogP contribution < -0.4 is 4.74 Å². The minimum atomic E-state index is -5.76. The Morgan fingerprint density at radius 1 is 0.857 bits per heavy atom. The molecule has 120 valence electrons. The maximum atomic E-state index is 12.4. The number of benzene rings is 1. The highest BCUT2D eigenvalue weighted by molar-refractivity contribution is 9.10. The largest absolute Gasteiger partial charge is 0.471 e. The second-order valence-corrected chi connectivity index (χ2v) is 4.57. The van der Waals surface area contributed by atoms with E-state index in [9.17, 15) is 39.5 Å². The molecule has 0 fully saturated rings. The van der Waals surface area contributed by atoms with Gasteiger partial charge in [-0.3, -0.25) is 0 Å². The fourth-order valence-electron chi connectivity index (χ4n) is 1.25. The van der Waals surface area contributed by atoms with E-state index in [1.807, 2.05) is 0 Å². The minimum absolute atomic E-state index is 0.309. The van der Waals surface area contributed by atoms with Crippen LogP contribution in [0.1, 0.15) is 5.56 Å². The minimum Gasteiger partial charge on any atom is -0.471 e. The Bertz CT molecular complexity index is 489. The first-order chi connectivity index (χ1) is 9.23. The lowest BCUT2D eigenvalue weighted by atomic mass is 10.2. The Morgan fingerprint density at radius 2 is 1.33 bits per heavy atom. The van der Waals surface area contributed by atoms with Crippen LogP contribution in [0.3, 0.4) is 0 Å². The van der Waals surface area contributed by atoms with Crippen LogP contribution in [-0.4, -0.2) is 18.5 Å². The molecular weight excluding hydrogens is 387 g/mol. The fraction of sp³-hybridized carbons (Fsp3) is 0.400. The van der Waals surface area contributed by atoms with E-state index in [-0.39, 0.29) is 0 Å². The van der Waals surface area contributed by atoms with Crippen LogP contribution in [0.2, 0.25) is 0 Å². The van der Waals surface area contributed by atoms with Crippen molar-refractivity contribution < 1.29 is 44.3 Å². The molecule has 0 saturated heterocycles. The monoisotopic (exact) mass is 390 g/mol. The van der Waals surface area contributed by atoms with Gasteiger partial charge in [-0.15, -0.1) is 0 Å². The summed E-state index contributed by atoms with van der Waals surface area (Å²) < 4.78 is 114. The van der Waals surface area contributed by atoms with Crippen molar-refractivity contribution in [2.24, 2.45) is 0 Å². The molecule has 11 heteroatoms. The molecular formula is C10H4BrF9O. The van der Waals surface area contributed by atoms with Crippen LogP contribution in [0.15, 0.2) is 22.7 Å². The SMILES string of the molecule is FC(F)(F)c1ccc(OC(C(F)(F)F)C(F)(F)F)cc1Br. The van der Waals surface area contributed by atoms with Crippen LogP contribution in [0.25, 0.3) is 0 Å². The highest BCUT2D eigenvalue weighted by Crippen LogP contribution is 2.39. The lowest BCUT2D eigenvalue weighted by Gasteiger charge is -2.24. The lowest BCUT2D eigenvalue weighted by Crippen LogP contribution is -2.46. The highest BCUT2D eigenvalue weighted by atomic mass is 79.9. The van der Waals surface area contributed by atoms with Gasteiger partial charge in [0.2, 0.25) is 0 Å². The molecule has 0 aliphatic heterocycles. The molecule has 0 saturated carbocycles. The summed E-state index contributed by atoms with van der Waals surface area (Å²) in [6.07, 6.45) is -20.5. The number of rotatable bonds is 2. The maximum absolute atomic E-state index is 12.4. The van der Waals surface area contributed by atoms with E-state index < -0.39 is 40.4 Å². The first kappa shape index (κ1) is 17.9. The van der Waals surface area contributed by atoms with Gasteiger partial charge >= 0.3 is 18.5 Å². The standard InChI is InChI=1S/C10H4BrF9O/c11-6-3-4(1-2-5(6)8(12,13)14)21-7(9(15,16)17)10(18,19)20/h1-3,7H. The Morgan fingerprint density at radius 3 is 1.67 bits per heavy atom. The van der Waals surface area contributed by atoms with Gasteiger partial charge in [0.05, 0.1) is 5.56 Å². The number of ether oxygens (including phenoxy) is 1. The smallest absolute Gasteiger partial charge is 0.434 e. The average Bonchev–Trinajstić information content (AvgIpc) is 2.20. The average molecular weight is 391 g/mol. The zero-order chi connectivity index (χ0) is 16.6. The summed E-state index contributed by atoms with van der Waals surface area (Å²) in [6.45, 7) is 0. The van der Waals surface area contributed by atoms with Crippen molar-refractivity contribution in [3.63, 3.8) is 0 Å². The van der Waals surface area contributed by atoms with E-state index in [2.05, 4.69) is 20.7 Å². The molecule has 21 heavy (non-hydrogen) atoms. The fourth-order valence-corrected chi connectivity index (χ4v) is 1.84. The molecule has 0 aliphatic carbocycles. The summed E-state index contributed by atoms with van der Waals surface area (Å²) in [7, 11) is 0. The molecule has 0 radical (unpaired) electrons. The highest BCUT2D eigenvalue weighted by Gasteiger charge is 2.59. The zero-order valence-corrected chi connectivity index (χ0v) is 11.1. The third kappa shape index (κ3) is 4.68. The molecule has 0 aromatic heterocycles. The molecule has 0 bridgehead atoms. The quantitative estimate of drug-likeness (QED) is 0.619. The summed E-state index contributed by atoms with van der Waals surface area (Å²) in [6, 6.07) is 1.06. The first-order valence-electron chi connectivity index (χ1n) is 4.90. The van der Waals surface area contributed by atoms with Crippen molar-refractivity contribution in [1.29, 1.82) is 0 Å². The van der Waals surface area contributed by atoms with Crippen LogP contribution in [0.5, 0.6) is 5.75 Å². The molecule has 1 aromatic carbocycles. The van der Waals surface area contributed by atoms with Gasteiger partial charge in [0.25, 0.3) is 6.10 Å². The van der Waals surface area contributed by atoms with Crippen molar-refractivity contribution >= 4 is 15.9 Å². The van der Waals surface area contributed by atoms with Gasteiger partial charge in [-0.2, -0.15) is 39.5 Å². The van der Waals surface area contributed by atoms with Crippen LogP contribution in [0, 0.1) is 0 Å². The Hall–Kier alpha value is -1.13. The third-order valence-electron chi connectivity index (χ3n) is 2.09. The summed E-state index contributed by atoms with van der Waals surface area (Å²) >= 11 is 2.41. The molecule has 0 amide bonds.